The third-order valence-corrected chi connectivity index (χ3v) is 2.91. The number of hydrogen-bond donors (Lipinski definition) is 1. The Morgan fingerprint density at radius 1 is 1.13 bits per heavy atom. The fourth-order valence-corrected chi connectivity index (χ4v) is 1.85. The lowest BCUT2D eigenvalue weighted by Crippen LogP contribution is -2.24. The van der Waals surface area contributed by atoms with Gasteiger partial charge < -0.3 is 10.1 Å². The summed E-state index contributed by atoms with van der Waals surface area (Å²) in [6.45, 7) is -0.120. The number of nitrogens with one attached hydrogen (secondary N) is 1. The third kappa shape index (κ3) is 4.74. The number of alkyl halides is 3. The molecular weight excluding hydrogens is 309 g/mol. The Balaban J connectivity index is 2.05. The van der Waals surface area contributed by atoms with E-state index < -0.39 is 12.3 Å². The highest BCUT2D eigenvalue weighted by atomic mass is 19.4. The van der Waals surface area contributed by atoms with E-state index in [1.54, 1.807) is 6.07 Å². The van der Waals surface area contributed by atoms with Crippen LogP contribution in [0.1, 0.15) is 21.5 Å². The van der Waals surface area contributed by atoms with Gasteiger partial charge in [0.25, 0.3) is 5.91 Å². The first kappa shape index (κ1) is 16.4. The summed E-state index contributed by atoms with van der Waals surface area (Å²) in [7, 11) is 0. The Kier molecular flexibility index (Phi) is 4.86. The summed E-state index contributed by atoms with van der Waals surface area (Å²) in [5.41, 5.74) is 0.913. The minimum atomic E-state index is -4.80. The number of amides is 1. The van der Waals surface area contributed by atoms with Crippen molar-refractivity contribution < 1.29 is 22.7 Å². The first-order valence-corrected chi connectivity index (χ1v) is 6.51. The van der Waals surface area contributed by atoms with Crippen LogP contribution >= 0.6 is 0 Å². The van der Waals surface area contributed by atoms with E-state index in [-0.39, 0.29) is 17.9 Å². The molecule has 0 saturated heterocycles. The van der Waals surface area contributed by atoms with Gasteiger partial charge in [0.05, 0.1) is 11.6 Å². The van der Waals surface area contributed by atoms with E-state index in [9.17, 15) is 18.0 Å². The smallest absolute Gasteiger partial charge is 0.405 e. The van der Waals surface area contributed by atoms with E-state index in [1.165, 1.54) is 42.5 Å². The second-order valence-corrected chi connectivity index (χ2v) is 4.53. The number of benzene rings is 2. The number of halogens is 3. The van der Waals surface area contributed by atoms with Crippen molar-refractivity contribution in [2.24, 2.45) is 0 Å². The molecule has 1 N–H and O–H groups in total. The molecule has 0 heterocycles. The molecule has 0 fully saturated rings. The second-order valence-electron chi connectivity index (χ2n) is 4.53. The summed E-state index contributed by atoms with van der Waals surface area (Å²) in [5.74, 6) is -0.823. The van der Waals surface area contributed by atoms with Gasteiger partial charge in [-0.15, -0.1) is 13.2 Å². The Hall–Kier alpha value is -3.01. The molecule has 2 aromatic rings. The Labute approximate surface area is 130 Å². The molecule has 0 radical (unpaired) electrons. The van der Waals surface area contributed by atoms with E-state index >= 15 is 0 Å². The van der Waals surface area contributed by atoms with Gasteiger partial charge in [-0.25, -0.2) is 0 Å². The fraction of sp³-hybridized carbons (Fsp3) is 0.125. The second kappa shape index (κ2) is 6.83. The SMILES string of the molecule is N#Cc1ccc(C(=O)NCc2ccccc2OC(F)(F)F)cc1. The zero-order chi connectivity index (χ0) is 16.9. The van der Waals surface area contributed by atoms with Gasteiger partial charge in [-0.2, -0.15) is 5.26 Å². The highest BCUT2D eigenvalue weighted by molar-refractivity contribution is 5.94. The molecule has 0 saturated carbocycles. The molecule has 0 aliphatic heterocycles. The molecule has 0 bridgehead atoms. The van der Waals surface area contributed by atoms with E-state index in [4.69, 9.17) is 5.26 Å². The summed E-state index contributed by atoms with van der Waals surface area (Å²) in [6.07, 6.45) is -4.80. The van der Waals surface area contributed by atoms with Crippen molar-refractivity contribution in [2.45, 2.75) is 12.9 Å². The number of hydrogen-bond acceptors (Lipinski definition) is 3. The molecule has 0 atom stereocenters. The highest BCUT2D eigenvalue weighted by Crippen LogP contribution is 2.26. The van der Waals surface area contributed by atoms with Gasteiger partial charge in [-0.05, 0) is 30.3 Å². The molecular formula is C16H11F3N2O2. The minimum absolute atomic E-state index is 0.120. The van der Waals surface area contributed by atoms with Crippen molar-refractivity contribution in [1.82, 2.24) is 5.32 Å². The zero-order valence-corrected chi connectivity index (χ0v) is 11.7. The molecule has 2 rings (SSSR count). The lowest BCUT2D eigenvalue weighted by Gasteiger charge is -2.13. The lowest BCUT2D eigenvalue weighted by molar-refractivity contribution is -0.274. The van der Waals surface area contributed by atoms with Crippen LogP contribution in [0.2, 0.25) is 0 Å². The number of carbonyl (C=O) groups excluding carboxylic acids is 1. The molecule has 0 unspecified atom stereocenters. The van der Waals surface area contributed by atoms with Gasteiger partial charge in [0.2, 0.25) is 0 Å². The summed E-state index contributed by atoms with van der Waals surface area (Å²) in [4.78, 5) is 12.0. The molecule has 118 valence electrons. The van der Waals surface area contributed by atoms with Gasteiger partial charge in [0, 0.05) is 17.7 Å². The zero-order valence-electron chi connectivity index (χ0n) is 11.7. The number of rotatable bonds is 4. The van der Waals surface area contributed by atoms with Crippen molar-refractivity contribution in [3.8, 4) is 11.8 Å². The van der Waals surface area contributed by atoms with Crippen LogP contribution < -0.4 is 10.1 Å². The van der Waals surface area contributed by atoms with Crippen LogP contribution in [0.5, 0.6) is 5.75 Å². The molecule has 1 amide bonds. The van der Waals surface area contributed by atoms with Crippen LogP contribution in [-0.4, -0.2) is 12.3 Å². The number of carbonyl (C=O) groups is 1. The maximum Gasteiger partial charge on any atom is 0.573 e. The van der Waals surface area contributed by atoms with Gasteiger partial charge in [0.15, 0.2) is 0 Å². The van der Waals surface area contributed by atoms with Crippen molar-refractivity contribution in [3.05, 3.63) is 65.2 Å². The predicted octanol–water partition coefficient (Wildman–Crippen LogP) is 3.39. The van der Waals surface area contributed by atoms with Gasteiger partial charge >= 0.3 is 6.36 Å². The Bertz CT molecular complexity index is 734. The number of nitrogens with zero attached hydrogens (tertiary/aromatic N) is 1. The quantitative estimate of drug-likeness (QED) is 0.939. The molecule has 4 nitrogen and oxygen atoms in total. The van der Waals surface area contributed by atoms with Crippen LogP contribution in [0.4, 0.5) is 13.2 Å². The Morgan fingerprint density at radius 2 is 1.78 bits per heavy atom. The predicted molar refractivity (Wildman–Crippen MR) is 75.5 cm³/mol. The number of ether oxygens (including phenoxy) is 1. The van der Waals surface area contributed by atoms with Gasteiger partial charge in [0.1, 0.15) is 5.75 Å². The number of nitriles is 1. The molecule has 7 heteroatoms. The number of para-hydroxylation sites is 1. The average molecular weight is 320 g/mol. The third-order valence-electron chi connectivity index (χ3n) is 2.91. The first-order chi connectivity index (χ1) is 10.9. The molecule has 0 spiro atoms. The van der Waals surface area contributed by atoms with Crippen LogP contribution in [0.25, 0.3) is 0 Å². The molecule has 23 heavy (non-hydrogen) atoms. The van der Waals surface area contributed by atoms with Crippen LogP contribution in [-0.2, 0) is 6.54 Å². The van der Waals surface area contributed by atoms with Crippen LogP contribution in [0, 0.1) is 11.3 Å². The van der Waals surface area contributed by atoms with Crippen molar-refractivity contribution in [3.63, 3.8) is 0 Å². The van der Waals surface area contributed by atoms with Crippen LogP contribution in [0.3, 0.4) is 0 Å². The molecule has 0 aromatic heterocycles. The molecule has 0 aliphatic carbocycles. The van der Waals surface area contributed by atoms with Crippen molar-refractivity contribution in [2.75, 3.05) is 0 Å². The van der Waals surface area contributed by atoms with Crippen molar-refractivity contribution >= 4 is 5.91 Å². The summed E-state index contributed by atoms with van der Waals surface area (Å²) >= 11 is 0. The normalized spacial score (nSPS) is 10.7. The minimum Gasteiger partial charge on any atom is -0.405 e. The van der Waals surface area contributed by atoms with Crippen molar-refractivity contribution in [1.29, 1.82) is 5.26 Å². The summed E-state index contributed by atoms with van der Waals surface area (Å²) in [5, 5.41) is 11.2. The maximum absolute atomic E-state index is 12.3. The molecule has 2 aromatic carbocycles. The van der Waals surface area contributed by atoms with Crippen LogP contribution in [0.15, 0.2) is 48.5 Å². The maximum atomic E-state index is 12.3. The first-order valence-electron chi connectivity index (χ1n) is 6.51. The van der Waals surface area contributed by atoms with E-state index in [2.05, 4.69) is 10.1 Å². The largest absolute Gasteiger partial charge is 0.573 e. The monoisotopic (exact) mass is 320 g/mol. The highest BCUT2D eigenvalue weighted by Gasteiger charge is 2.31. The lowest BCUT2D eigenvalue weighted by atomic mass is 10.1. The standard InChI is InChI=1S/C16H11F3N2O2/c17-16(18,19)23-14-4-2-1-3-13(14)10-21-15(22)12-7-5-11(9-20)6-8-12/h1-8H,10H2,(H,21,22). The summed E-state index contributed by atoms with van der Waals surface area (Å²) < 4.78 is 40.9. The average Bonchev–Trinajstić information content (AvgIpc) is 2.52. The van der Waals surface area contributed by atoms with Gasteiger partial charge in [-0.1, -0.05) is 18.2 Å². The van der Waals surface area contributed by atoms with Gasteiger partial charge in [-0.3, -0.25) is 4.79 Å². The van der Waals surface area contributed by atoms with E-state index in [1.807, 2.05) is 6.07 Å². The van der Waals surface area contributed by atoms with E-state index in [0.717, 1.165) is 0 Å². The Morgan fingerprint density at radius 3 is 2.39 bits per heavy atom. The molecule has 0 aliphatic rings. The van der Waals surface area contributed by atoms with E-state index in [0.29, 0.717) is 11.1 Å². The topological polar surface area (TPSA) is 62.1 Å². The summed E-state index contributed by atoms with van der Waals surface area (Å²) in [6, 6.07) is 13.4. The fourth-order valence-electron chi connectivity index (χ4n) is 1.85.